The van der Waals surface area contributed by atoms with Crippen LogP contribution in [0.3, 0.4) is 0 Å². The summed E-state index contributed by atoms with van der Waals surface area (Å²) in [6.45, 7) is 0. The summed E-state index contributed by atoms with van der Waals surface area (Å²) in [6, 6.07) is 7.37. The molecule has 220 valence electrons. The third kappa shape index (κ3) is 4.15. The number of ether oxygens (including phenoxy) is 2. The zero-order chi connectivity index (χ0) is 30.7. The quantitative estimate of drug-likeness (QED) is 0.253. The van der Waals surface area contributed by atoms with Crippen LogP contribution in [0.25, 0.3) is 12.2 Å². The van der Waals surface area contributed by atoms with Crippen LogP contribution in [-0.4, -0.2) is 82.8 Å². The van der Waals surface area contributed by atoms with Gasteiger partial charge in [0, 0.05) is 11.5 Å². The summed E-state index contributed by atoms with van der Waals surface area (Å²) in [5, 5.41) is 44.8. The molecule has 0 bridgehead atoms. The van der Waals surface area contributed by atoms with Crippen molar-refractivity contribution in [1.29, 1.82) is 0 Å². The lowest BCUT2D eigenvalue weighted by atomic mass is 9.58. The zero-order valence-corrected chi connectivity index (χ0v) is 23.5. The molecule has 0 unspecified atom stereocenters. The minimum absolute atomic E-state index is 0.0141. The van der Waals surface area contributed by atoms with Crippen molar-refractivity contribution in [2.45, 2.75) is 24.5 Å². The number of phenolic OH excluding ortho intramolecular Hbond substituents is 1. The monoisotopic (exact) mass is 576 g/mol. The van der Waals surface area contributed by atoms with Gasteiger partial charge < -0.3 is 35.6 Å². The fourth-order valence-corrected chi connectivity index (χ4v) is 6.57. The minimum atomic E-state index is -2.68. The first-order valence-electron chi connectivity index (χ1n) is 13.3. The number of primary amides is 1. The van der Waals surface area contributed by atoms with Gasteiger partial charge in [-0.2, -0.15) is 0 Å². The van der Waals surface area contributed by atoms with Crippen LogP contribution in [0.5, 0.6) is 17.2 Å². The van der Waals surface area contributed by atoms with Gasteiger partial charge >= 0.3 is 0 Å². The molecule has 0 aliphatic heterocycles. The predicted octanol–water partition coefficient (Wildman–Crippen LogP) is 2.31. The second kappa shape index (κ2) is 10.3. The van der Waals surface area contributed by atoms with E-state index in [2.05, 4.69) is 0 Å². The molecule has 11 nitrogen and oxygen atoms in total. The van der Waals surface area contributed by atoms with Gasteiger partial charge in [-0.3, -0.25) is 19.3 Å². The largest absolute Gasteiger partial charge is 0.510 e. The van der Waals surface area contributed by atoms with Crippen LogP contribution in [0.15, 0.2) is 53.0 Å². The van der Waals surface area contributed by atoms with Crippen LogP contribution in [0, 0.1) is 11.8 Å². The Kier molecular flexibility index (Phi) is 7.12. The number of aliphatic hydroxyl groups is 3. The molecule has 42 heavy (non-hydrogen) atoms. The second-order valence-electron chi connectivity index (χ2n) is 10.9. The highest BCUT2D eigenvalue weighted by molar-refractivity contribution is 6.24. The van der Waals surface area contributed by atoms with Gasteiger partial charge in [-0.15, -0.1) is 0 Å². The van der Waals surface area contributed by atoms with Crippen molar-refractivity contribution in [3.05, 3.63) is 75.3 Å². The molecular weight excluding hydrogens is 544 g/mol. The fraction of sp³-hybridized carbons (Fsp3) is 0.323. The molecule has 0 saturated heterocycles. The number of hydrogen-bond donors (Lipinski definition) is 5. The molecule has 11 heteroatoms. The Labute approximate surface area is 241 Å². The Morgan fingerprint density at radius 1 is 1.05 bits per heavy atom. The number of carbonyl (C=O) groups excluding carboxylic acids is 3. The number of nitrogens with two attached hydrogens (primary N) is 1. The highest BCUT2D eigenvalue weighted by Crippen LogP contribution is 2.52. The Morgan fingerprint density at radius 2 is 1.74 bits per heavy atom. The van der Waals surface area contributed by atoms with Crippen LogP contribution in [0.2, 0.25) is 0 Å². The van der Waals surface area contributed by atoms with E-state index in [-0.39, 0.29) is 29.7 Å². The number of Topliss-reactive ketones (excluding diaryl/α,β-unsaturated/α-hetero) is 2. The molecule has 1 amide bonds. The smallest absolute Gasteiger partial charge is 0.255 e. The molecule has 4 atom stereocenters. The summed E-state index contributed by atoms with van der Waals surface area (Å²) in [6.07, 6.45) is 3.81. The van der Waals surface area contributed by atoms with Gasteiger partial charge in [0.05, 0.1) is 25.8 Å². The number of ketones is 2. The van der Waals surface area contributed by atoms with Crippen LogP contribution < -0.4 is 15.2 Å². The number of phenols is 1. The van der Waals surface area contributed by atoms with Crippen LogP contribution in [-0.2, 0) is 16.0 Å². The van der Waals surface area contributed by atoms with E-state index in [1.54, 1.807) is 38.4 Å². The van der Waals surface area contributed by atoms with Crippen LogP contribution >= 0.6 is 0 Å². The third-order valence-corrected chi connectivity index (χ3v) is 8.51. The van der Waals surface area contributed by atoms with Crippen molar-refractivity contribution in [2.24, 2.45) is 17.6 Å². The Hall–Kier alpha value is -4.61. The van der Waals surface area contributed by atoms with E-state index in [1.165, 1.54) is 25.2 Å². The van der Waals surface area contributed by atoms with Gasteiger partial charge in [0.15, 0.2) is 22.9 Å². The van der Waals surface area contributed by atoms with Crippen LogP contribution in [0.1, 0.15) is 33.5 Å². The predicted molar refractivity (Wildman–Crippen MR) is 152 cm³/mol. The average Bonchev–Trinajstić information content (AvgIpc) is 2.94. The zero-order valence-electron chi connectivity index (χ0n) is 23.5. The number of carbonyl (C=O) groups is 3. The molecule has 6 N–H and O–H groups in total. The standard InChI is InChI=1S/C31H32N2O9/c1-33(2)25-18-13-16-12-17-15(7-5-14-6-10-20(41-3)21(11-14)42-4)8-9-19(34)23(17)26(35)22(16)28(37)31(18,40)29(38)24(27(25)36)30(32)39/h5-11,16,18,25,34,36-37,40H,12-13H2,1-4H3,(H2,32,39)/b7-5+/t16-,18-,25-,31-/m1/s1. The molecule has 0 spiro atoms. The van der Waals surface area contributed by atoms with Gasteiger partial charge in [-0.1, -0.05) is 24.3 Å². The summed E-state index contributed by atoms with van der Waals surface area (Å²) < 4.78 is 10.7. The highest BCUT2D eigenvalue weighted by atomic mass is 16.5. The summed E-state index contributed by atoms with van der Waals surface area (Å²) in [5.74, 6) is -5.74. The summed E-state index contributed by atoms with van der Waals surface area (Å²) >= 11 is 0. The highest BCUT2D eigenvalue weighted by Gasteiger charge is 2.63. The Morgan fingerprint density at radius 3 is 2.36 bits per heavy atom. The number of fused-ring (bicyclic) bond motifs is 3. The van der Waals surface area contributed by atoms with Gasteiger partial charge in [0.1, 0.15) is 22.8 Å². The lowest BCUT2D eigenvalue weighted by Crippen LogP contribution is -2.63. The molecule has 3 aliphatic rings. The number of amides is 1. The molecule has 0 radical (unpaired) electrons. The molecule has 0 heterocycles. The summed E-state index contributed by atoms with van der Waals surface area (Å²) in [5.41, 5.74) is 3.57. The third-order valence-electron chi connectivity index (χ3n) is 8.51. The van der Waals surface area contributed by atoms with Gasteiger partial charge in [0.25, 0.3) is 5.91 Å². The maximum Gasteiger partial charge on any atom is 0.255 e. The number of benzene rings is 2. The maximum absolute atomic E-state index is 13.9. The van der Waals surface area contributed by atoms with Crippen molar-refractivity contribution in [3.63, 3.8) is 0 Å². The van der Waals surface area contributed by atoms with Crippen molar-refractivity contribution in [2.75, 3.05) is 28.3 Å². The van der Waals surface area contributed by atoms with Crippen molar-refractivity contribution < 1.29 is 44.3 Å². The van der Waals surface area contributed by atoms with Gasteiger partial charge in [0.2, 0.25) is 5.78 Å². The van der Waals surface area contributed by atoms with Crippen molar-refractivity contribution >= 4 is 29.6 Å². The fourth-order valence-electron chi connectivity index (χ4n) is 6.57. The van der Waals surface area contributed by atoms with Crippen molar-refractivity contribution in [1.82, 2.24) is 4.90 Å². The molecule has 5 rings (SSSR count). The lowest BCUT2D eigenvalue weighted by molar-refractivity contribution is -0.148. The summed E-state index contributed by atoms with van der Waals surface area (Å²) in [7, 11) is 6.24. The molecule has 0 saturated carbocycles. The topological polar surface area (TPSA) is 180 Å². The normalized spacial score (nSPS) is 25.4. The van der Waals surface area contributed by atoms with E-state index in [9.17, 15) is 34.8 Å². The SMILES string of the molecule is COc1ccc(/C=C/c2ccc(O)c3c2C[C@@H]2C[C@@H]4[C@@H](N(C)C)C(O)=C(C(N)=O)C(=O)[C@]4(O)C(O)=C2C3=O)cc1OC. The number of allylic oxidation sites excluding steroid dienone is 1. The first-order chi connectivity index (χ1) is 19.9. The van der Waals surface area contributed by atoms with E-state index in [0.717, 1.165) is 5.56 Å². The average molecular weight is 577 g/mol. The van der Waals surface area contributed by atoms with E-state index >= 15 is 0 Å². The number of hydrogen-bond acceptors (Lipinski definition) is 10. The molecule has 0 fully saturated rings. The number of rotatable bonds is 6. The Bertz CT molecular complexity index is 1620. The molecule has 0 aromatic heterocycles. The van der Waals surface area contributed by atoms with Crippen LogP contribution in [0.4, 0.5) is 0 Å². The van der Waals surface area contributed by atoms with Crippen molar-refractivity contribution in [3.8, 4) is 17.2 Å². The number of aliphatic hydroxyl groups excluding tert-OH is 2. The minimum Gasteiger partial charge on any atom is -0.510 e. The number of likely N-dealkylation sites (N-methyl/N-ethyl adjacent to an activating group) is 1. The lowest BCUT2D eigenvalue weighted by Gasteiger charge is -2.50. The number of methoxy groups -OCH3 is 2. The van der Waals surface area contributed by atoms with E-state index < -0.39 is 58.0 Å². The van der Waals surface area contributed by atoms with E-state index in [1.807, 2.05) is 12.1 Å². The maximum atomic E-state index is 13.9. The second-order valence-corrected chi connectivity index (χ2v) is 10.9. The summed E-state index contributed by atoms with van der Waals surface area (Å²) in [4.78, 5) is 40.9. The van der Waals surface area contributed by atoms with E-state index in [4.69, 9.17) is 15.2 Å². The van der Waals surface area contributed by atoms with E-state index in [0.29, 0.717) is 22.6 Å². The van der Waals surface area contributed by atoms with Gasteiger partial charge in [-0.25, -0.2) is 0 Å². The number of nitrogens with zero attached hydrogens (tertiary/aromatic N) is 1. The molecule has 3 aliphatic carbocycles. The first kappa shape index (κ1) is 28.9. The Balaban J connectivity index is 1.62. The molecule has 2 aromatic carbocycles. The van der Waals surface area contributed by atoms with Gasteiger partial charge in [-0.05, 0) is 67.7 Å². The molecule has 2 aromatic rings. The number of aromatic hydroxyl groups is 1. The molecular formula is C31H32N2O9. The first-order valence-corrected chi connectivity index (χ1v) is 13.3.